The van der Waals surface area contributed by atoms with Crippen LogP contribution in [0.1, 0.15) is 5.56 Å². The smallest absolute Gasteiger partial charge is 0.168 e. The quantitative estimate of drug-likeness (QED) is 0.810. The molecule has 0 bridgehead atoms. The van der Waals surface area contributed by atoms with Crippen molar-refractivity contribution in [3.8, 4) is 6.07 Å². The molecule has 0 spiro atoms. The van der Waals surface area contributed by atoms with E-state index >= 15 is 0 Å². The summed E-state index contributed by atoms with van der Waals surface area (Å²) in [4.78, 5) is 11.8. The summed E-state index contributed by atoms with van der Waals surface area (Å²) in [6, 6.07) is 8.03. The molecule has 21 heavy (non-hydrogen) atoms. The molecule has 2 aromatic rings. The summed E-state index contributed by atoms with van der Waals surface area (Å²) in [7, 11) is 1.65. The van der Waals surface area contributed by atoms with Gasteiger partial charge in [-0.25, -0.2) is 9.97 Å². The Balaban J connectivity index is 2.08. The van der Waals surface area contributed by atoms with Gasteiger partial charge in [0.2, 0.25) is 0 Å². The lowest BCUT2D eigenvalue weighted by molar-refractivity contribution is 0.205. The highest BCUT2D eigenvalue weighted by molar-refractivity contribution is 7.99. The second-order valence-corrected chi connectivity index (χ2v) is 5.35. The van der Waals surface area contributed by atoms with Crippen LogP contribution in [0.5, 0.6) is 0 Å². The van der Waals surface area contributed by atoms with Gasteiger partial charge in [-0.05, 0) is 23.8 Å². The van der Waals surface area contributed by atoms with Crippen LogP contribution in [0.15, 0.2) is 46.6 Å². The molecular weight excluding hydrogens is 284 g/mol. The molecule has 104 valence electrons. The van der Waals surface area contributed by atoms with Gasteiger partial charge in [-0.15, -0.1) is 0 Å². The van der Waals surface area contributed by atoms with E-state index in [9.17, 15) is 0 Å². The summed E-state index contributed by atoms with van der Waals surface area (Å²) in [5.74, 6) is 0.790. The minimum absolute atomic E-state index is 0.394. The Hall–Kier alpha value is -2.36. The van der Waals surface area contributed by atoms with Crippen LogP contribution >= 0.6 is 11.8 Å². The third kappa shape index (κ3) is 2.61. The second kappa shape index (κ2) is 5.95. The molecule has 0 saturated heterocycles. The van der Waals surface area contributed by atoms with Crippen LogP contribution in [0.2, 0.25) is 0 Å². The van der Waals surface area contributed by atoms with Crippen molar-refractivity contribution in [1.29, 1.82) is 5.26 Å². The van der Waals surface area contributed by atoms with E-state index in [1.54, 1.807) is 37.3 Å². The first kappa shape index (κ1) is 13.6. The van der Waals surface area contributed by atoms with Gasteiger partial charge in [0, 0.05) is 30.5 Å². The Morgan fingerprint density at radius 3 is 3.05 bits per heavy atom. The van der Waals surface area contributed by atoms with E-state index < -0.39 is 0 Å². The Morgan fingerprint density at radius 1 is 1.38 bits per heavy atom. The Morgan fingerprint density at radius 2 is 2.24 bits per heavy atom. The number of rotatable bonds is 3. The number of anilines is 2. The summed E-state index contributed by atoms with van der Waals surface area (Å²) in [5.41, 5.74) is 1.97. The number of hydrogen-bond donors (Lipinski definition) is 0. The number of aromatic nitrogens is 2. The molecule has 1 aromatic heterocycles. The van der Waals surface area contributed by atoms with Crippen LogP contribution in [0.25, 0.3) is 6.08 Å². The van der Waals surface area contributed by atoms with E-state index in [1.807, 2.05) is 29.2 Å². The highest BCUT2D eigenvalue weighted by atomic mass is 32.2. The van der Waals surface area contributed by atoms with Crippen molar-refractivity contribution < 1.29 is 4.74 Å². The van der Waals surface area contributed by atoms with Crippen LogP contribution in [0.4, 0.5) is 11.5 Å². The van der Waals surface area contributed by atoms with Gasteiger partial charge < -0.3 is 4.74 Å². The van der Waals surface area contributed by atoms with Gasteiger partial charge in [-0.3, -0.25) is 4.90 Å². The number of ether oxygens (including phenoxy) is 1. The Kier molecular flexibility index (Phi) is 3.86. The normalized spacial score (nSPS) is 12.9. The lowest BCUT2D eigenvalue weighted by Gasteiger charge is -2.30. The zero-order valence-electron chi connectivity index (χ0n) is 11.4. The molecule has 0 N–H and O–H groups in total. The van der Waals surface area contributed by atoms with Crippen molar-refractivity contribution in [2.24, 2.45) is 0 Å². The summed E-state index contributed by atoms with van der Waals surface area (Å²) in [6.07, 6.45) is 6.60. The highest BCUT2D eigenvalue weighted by Crippen LogP contribution is 2.46. The molecule has 0 unspecified atom stereocenters. The average molecular weight is 296 g/mol. The van der Waals surface area contributed by atoms with Gasteiger partial charge in [-0.1, -0.05) is 17.8 Å². The standard InChI is InChI=1S/C15H12N4OS/c1-20-10-19-12-9-11(3-2-6-16)4-5-13(12)21-15-14(19)17-7-8-18-15/h2-5,7-9H,10H2,1H3/b3-2+. The van der Waals surface area contributed by atoms with E-state index in [1.165, 1.54) is 6.08 Å². The third-order valence-corrected chi connectivity index (χ3v) is 4.04. The molecule has 1 aromatic carbocycles. The summed E-state index contributed by atoms with van der Waals surface area (Å²) < 4.78 is 5.29. The minimum Gasteiger partial charge on any atom is -0.364 e. The van der Waals surface area contributed by atoms with Crippen molar-refractivity contribution in [2.75, 3.05) is 18.7 Å². The van der Waals surface area contributed by atoms with Crippen LogP contribution in [-0.2, 0) is 4.74 Å². The number of allylic oxidation sites excluding steroid dienone is 1. The van der Waals surface area contributed by atoms with Crippen molar-refractivity contribution in [1.82, 2.24) is 9.97 Å². The van der Waals surface area contributed by atoms with Crippen LogP contribution in [0.3, 0.4) is 0 Å². The highest BCUT2D eigenvalue weighted by Gasteiger charge is 2.25. The van der Waals surface area contributed by atoms with Crippen LogP contribution in [-0.4, -0.2) is 23.8 Å². The first-order valence-electron chi connectivity index (χ1n) is 6.29. The number of benzene rings is 1. The zero-order valence-corrected chi connectivity index (χ0v) is 12.2. The van der Waals surface area contributed by atoms with Gasteiger partial charge in [0.25, 0.3) is 0 Å². The topological polar surface area (TPSA) is 62.0 Å². The number of nitrogens with zero attached hydrogens (tertiary/aromatic N) is 4. The van der Waals surface area contributed by atoms with Gasteiger partial charge >= 0.3 is 0 Å². The lowest BCUT2D eigenvalue weighted by atomic mass is 10.1. The van der Waals surface area contributed by atoms with E-state index in [0.29, 0.717) is 6.73 Å². The Labute approximate surface area is 126 Å². The van der Waals surface area contributed by atoms with Crippen molar-refractivity contribution in [2.45, 2.75) is 9.92 Å². The first-order valence-corrected chi connectivity index (χ1v) is 7.10. The monoisotopic (exact) mass is 296 g/mol. The minimum atomic E-state index is 0.394. The summed E-state index contributed by atoms with van der Waals surface area (Å²) in [6.45, 7) is 0.394. The van der Waals surface area contributed by atoms with E-state index in [2.05, 4.69) is 9.97 Å². The van der Waals surface area contributed by atoms with Crippen molar-refractivity contribution >= 4 is 29.3 Å². The number of hydrogen-bond acceptors (Lipinski definition) is 6. The molecule has 0 fully saturated rings. The third-order valence-electron chi connectivity index (χ3n) is 2.99. The largest absolute Gasteiger partial charge is 0.364 e. The van der Waals surface area contributed by atoms with Crippen LogP contribution < -0.4 is 4.90 Å². The summed E-state index contributed by atoms with van der Waals surface area (Å²) >= 11 is 1.58. The van der Waals surface area contributed by atoms with Gasteiger partial charge in [-0.2, -0.15) is 5.26 Å². The number of fused-ring (bicyclic) bond motifs is 2. The van der Waals surface area contributed by atoms with Crippen LogP contribution in [0, 0.1) is 11.3 Å². The zero-order chi connectivity index (χ0) is 14.7. The molecule has 5 nitrogen and oxygen atoms in total. The summed E-state index contributed by atoms with van der Waals surface area (Å²) in [5, 5.41) is 9.51. The second-order valence-electron chi connectivity index (χ2n) is 4.32. The predicted molar refractivity (Wildman–Crippen MR) is 81.3 cm³/mol. The van der Waals surface area contributed by atoms with E-state index in [-0.39, 0.29) is 0 Å². The maximum absolute atomic E-state index is 8.64. The fraction of sp³-hybridized carbons (Fsp3) is 0.133. The lowest BCUT2D eigenvalue weighted by Crippen LogP contribution is -2.24. The molecule has 6 heteroatoms. The van der Waals surface area contributed by atoms with Gasteiger partial charge in [0.15, 0.2) is 5.82 Å². The number of methoxy groups -OCH3 is 1. The SMILES string of the molecule is COCN1c2cc(/C=C/C#N)ccc2Sc2nccnc21. The molecular formula is C15H12N4OS. The predicted octanol–water partition coefficient (Wildman–Crippen LogP) is 3.22. The van der Waals surface area contributed by atoms with Crippen molar-refractivity contribution in [3.05, 3.63) is 42.2 Å². The first-order chi connectivity index (χ1) is 10.3. The molecule has 1 aliphatic rings. The van der Waals surface area contributed by atoms with Gasteiger partial charge in [0.05, 0.1) is 11.8 Å². The average Bonchev–Trinajstić information content (AvgIpc) is 2.53. The molecule has 3 rings (SSSR count). The molecule has 0 amide bonds. The van der Waals surface area contributed by atoms with Gasteiger partial charge in [0.1, 0.15) is 11.8 Å². The van der Waals surface area contributed by atoms with E-state index in [0.717, 1.165) is 27.0 Å². The molecule has 0 radical (unpaired) electrons. The molecule has 0 saturated carbocycles. The number of nitriles is 1. The van der Waals surface area contributed by atoms with Crippen molar-refractivity contribution in [3.63, 3.8) is 0 Å². The van der Waals surface area contributed by atoms with E-state index in [4.69, 9.17) is 10.00 Å². The molecule has 1 aliphatic heterocycles. The fourth-order valence-electron chi connectivity index (χ4n) is 2.12. The molecule has 2 heterocycles. The molecule has 0 atom stereocenters. The fourth-order valence-corrected chi connectivity index (χ4v) is 3.11. The maximum atomic E-state index is 8.64. The maximum Gasteiger partial charge on any atom is 0.168 e. The molecule has 0 aliphatic carbocycles. The Bertz CT molecular complexity index is 739.